The summed E-state index contributed by atoms with van der Waals surface area (Å²) in [6.45, 7) is 12.3. The zero-order valence-electron chi connectivity index (χ0n) is 12.4. The first-order valence-electron chi connectivity index (χ1n) is 7.23. The van der Waals surface area contributed by atoms with Gasteiger partial charge < -0.3 is 10.6 Å². The third kappa shape index (κ3) is 4.25. The van der Waals surface area contributed by atoms with E-state index in [1.165, 1.54) is 6.42 Å². The maximum atomic E-state index is 12.1. The van der Waals surface area contributed by atoms with Gasteiger partial charge in [-0.3, -0.25) is 9.69 Å². The lowest BCUT2D eigenvalue weighted by Crippen LogP contribution is -2.52. The maximum absolute atomic E-state index is 12.1. The smallest absolute Gasteiger partial charge is 0.224 e. The van der Waals surface area contributed by atoms with Crippen LogP contribution in [0.4, 0.5) is 0 Å². The van der Waals surface area contributed by atoms with Crippen LogP contribution in [0.2, 0.25) is 0 Å². The summed E-state index contributed by atoms with van der Waals surface area (Å²) in [5.74, 6) is 0.593. The van der Waals surface area contributed by atoms with Gasteiger partial charge in [0.1, 0.15) is 0 Å². The topological polar surface area (TPSA) is 49.6 Å². The molecular weight excluding hydrogens is 226 g/mol. The van der Waals surface area contributed by atoms with E-state index in [1.54, 1.807) is 0 Å². The SMILES string of the molecule is CCC(C)N1CCN(C(=O)CC(N)C(C)C)CC1. The molecule has 1 fully saturated rings. The number of hydrogen-bond donors (Lipinski definition) is 1. The Hall–Kier alpha value is -0.610. The number of nitrogens with two attached hydrogens (primary N) is 1. The van der Waals surface area contributed by atoms with E-state index < -0.39 is 0 Å². The van der Waals surface area contributed by atoms with Crippen LogP contribution in [0.5, 0.6) is 0 Å². The van der Waals surface area contributed by atoms with E-state index in [1.807, 2.05) is 4.90 Å². The summed E-state index contributed by atoms with van der Waals surface area (Å²) < 4.78 is 0. The van der Waals surface area contributed by atoms with E-state index in [2.05, 4.69) is 32.6 Å². The minimum atomic E-state index is -0.00917. The molecule has 0 aromatic rings. The molecule has 0 aromatic carbocycles. The van der Waals surface area contributed by atoms with E-state index in [9.17, 15) is 4.79 Å². The summed E-state index contributed by atoms with van der Waals surface area (Å²) in [7, 11) is 0. The zero-order valence-corrected chi connectivity index (χ0v) is 12.4. The van der Waals surface area contributed by atoms with Crippen LogP contribution in [0.3, 0.4) is 0 Å². The largest absolute Gasteiger partial charge is 0.340 e. The van der Waals surface area contributed by atoms with E-state index in [0.29, 0.717) is 18.4 Å². The highest BCUT2D eigenvalue weighted by Gasteiger charge is 2.24. The summed E-state index contributed by atoms with van der Waals surface area (Å²) in [6, 6.07) is 0.616. The second-order valence-corrected chi connectivity index (χ2v) is 5.79. The molecule has 1 saturated heterocycles. The molecule has 2 N–H and O–H groups in total. The molecule has 0 bridgehead atoms. The van der Waals surface area contributed by atoms with Crippen molar-refractivity contribution in [2.45, 2.75) is 52.6 Å². The quantitative estimate of drug-likeness (QED) is 0.805. The van der Waals surface area contributed by atoms with Crippen molar-refractivity contribution in [1.82, 2.24) is 9.80 Å². The predicted molar refractivity (Wildman–Crippen MR) is 75.3 cm³/mol. The molecular formula is C14H29N3O. The van der Waals surface area contributed by atoms with Gasteiger partial charge in [0.2, 0.25) is 5.91 Å². The number of carbonyl (C=O) groups excluding carboxylic acids is 1. The molecule has 0 radical (unpaired) electrons. The number of nitrogens with zero attached hydrogens (tertiary/aromatic N) is 2. The van der Waals surface area contributed by atoms with Gasteiger partial charge in [-0.2, -0.15) is 0 Å². The summed E-state index contributed by atoms with van der Waals surface area (Å²) in [6.07, 6.45) is 1.66. The second-order valence-electron chi connectivity index (χ2n) is 5.79. The Morgan fingerprint density at radius 1 is 1.17 bits per heavy atom. The lowest BCUT2D eigenvalue weighted by atomic mass is 10.0. The molecule has 4 nitrogen and oxygen atoms in total. The first kappa shape index (κ1) is 15.4. The lowest BCUT2D eigenvalue weighted by molar-refractivity contribution is -0.133. The van der Waals surface area contributed by atoms with Gasteiger partial charge in [0.05, 0.1) is 0 Å². The first-order chi connectivity index (χ1) is 8.45. The van der Waals surface area contributed by atoms with Crippen LogP contribution >= 0.6 is 0 Å². The van der Waals surface area contributed by atoms with Crippen LogP contribution in [0.1, 0.15) is 40.5 Å². The normalized spacial score (nSPS) is 21.1. The van der Waals surface area contributed by atoms with E-state index >= 15 is 0 Å². The standard InChI is InChI=1S/C14H29N3O/c1-5-12(4)16-6-8-17(9-7-16)14(18)10-13(15)11(2)3/h11-13H,5-10,15H2,1-4H3. The van der Waals surface area contributed by atoms with Gasteiger partial charge in [0.25, 0.3) is 0 Å². The first-order valence-corrected chi connectivity index (χ1v) is 7.23. The molecule has 18 heavy (non-hydrogen) atoms. The molecule has 1 aliphatic heterocycles. The van der Waals surface area contributed by atoms with Crippen molar-refractivity contribution in [3.8, 4) is 0 Å². The van der Waals surface area contributed by atoms with Crippen LogP contribution < -0.4 is 5.73 Å². The van der Waals surface area contributed by atoms with E-state index in [4.69, 9.17) is 5.73 Å². The van der Waals surface area contributed by atoms with E-state index in [-0.39, 0.29) is 11.9 Å². The monoisotopic (exact) mass is 255 g/mol. The molecule has 106 valence electrons. The predicted octanol–water partition coefficient (Wildman–Crippen LogP) is 1.30. The van der Waals surface area contributed by atoms with Crippen LogP contribution in [0, 0.1) is 5.92 Å². The fourth-order valence-electron chi connectivity index (χ4n) is 2.24. The molecule has 1 rings (SSSR count). The molecule has 1 aliphatic rings. The fraction of sp³-hybridized carbons (Fsp3) is 0.929. The number of piperazine rings is 1. The third-order valence-corrected chi connectivity index (χ3v) is 4.15. The average molecular weight is 255 g/mol. The zero-order chi connectivity index (χ0) is 13.7. The number of rotatable bonds is 5. The fourth-order valence-corrected chi connectivity index (χ4v) is 2.24. The highest BCUT2D eigenvalue weighted by molar-refractivity contribution is 5.77. The van der Waals surface area contributed by atoms with Crippen molar-refractivity contribution in [1.29, 1.82) is 0 Å². The number of hydrogen-bond acceptors (Lipinski definition) is 3. The molecule has 2 atom stereocenters. The van der Waals surface area contributed by atoms with Crippen LogP contribution in [0.15, 0.2) is 0 Å². The van der Waals surface area contributed by atoms with Gasteiger partial charge in [-0.25, -0.2) is 0 Å². The summed E-state index contributed by atoms with van der Waals surface area (Å²) >= 11 is 0. The van der Waals surface area contributed by atoms with Crippen molar-refractivity contribution >= 4 is 5.91 Å². The molecule has 0 aromatic heterocycles. The number of carbonyl (C=O) groups is 1. The van der Waals surface area contributed by atoms with Gasteiger partial charge in [-0.1, -0.05) is 20.8 Å². The molecule has 0 spiro atoms. The van der Waals surface area contributed by atoms with Crippen LogP contribution in [-0.4, -0.2) is 54.0 Å². The Morgan fingerprint density at radius 2 is 1.72 bits per heavy atom. The van der Waals surface area contributed by atoms with Crippen LogP contribution in [-0.2, 0) is 4.79 Å². The average Bonchev–Trinajstić information content (AvgIpc) is 2.37. The van der Waals surface area contributed by atoms with Gasteiger partial charge in [0, 0.05) is 44.7 Å². The molecule has 1 heterocycles. The second kappa shape index (κ2) is 7.10. The molecule has 2 unspecified atom stereocenters. The lowest BCUT2D eigenvalue weighted by Gasteiger charge is -2.38. The van der Waals surface area contributed by atoms with Gasteiger partial charge in [0.15, 0.2) is 0 Å². The Kier molecular flexibility index (Phi) is 6.09. The Morgan fingerprint density at radius 3 is 2.17 bits per heavy atom. The highest BCUT2D eigenvalue weighted by atomic mass is 16.2. The number of amides is 1. The Balaban J connectivity index is 2.36. The van der Waals surface area contributed by atoms with Gasteiger partial charge >= 0.3 is 0 Å². The van der Waals surface area contributed by atoms with Crippen molar-refractivity contribution in [2.24, 2.45) is 11.7 Å². The highest BCUT2D eigenvalue weighted by Crippen LogP contribution is 2.11. The summed E-state index contributed by atoms with van der Waals surface area (Å²) in [4.78, 5) is 16.5. The molecule has 0 saturated carbocycles. The van der Waals surface area contributed by atoms with Crippen LogP contribution in [0.25, 0.3) is 0 Å². The maximum Gasteiger partial charge on any atom is 0.224 e. The Labute approximate surface area is 111 Å². The van der Waals surface area contributed by atoms with Crippen molar-refractivity contribution in [3.05, 3.63) is 0 Å². The summed E-state index contributed by atoms with van der Waals surface area (Å²) in [5.41, 5.74) is 5.96. The van der Waals surface area contributed by atoms with Crippen molar-refractivity contribution in [3.63, 3.8) is 0 Å². The molecule has 1 amide bonds. The third-order valence-electron chi connectivity index (χ3n) is 4.15. The van der Waals surface area contributed by atoms with Crippen molar-refractivity contribution in [2.75, 3.05) is 26.2 Å². The summed E-state index contributed by atoms with van der Waals surface area (Å²) in [5, 5.41) is 0. The minimum Gasteiger partial charge on any atom is -0.340 e. The molecule has 4 heteroatoms. The van der Waals surface area contributed by atoms with E-state index in [0.717, 1.165) is 26.2 Å². The minimum absolute atomic E-state index is 0.00917. The van der Waals surface area contributed by atoms with Gasteiger partial charge in [-0.05, 0) is 19.3 Å². The molecule has 0 aliphatic carbocycles. The van der Waals surface area contributed by atoms with Gasteiger partial charge in [-0.15, -0.1) is 0 Å². The van der Waals surface area contributed by atoms with Crippen molar-refractivity contribution < 1.29 is 4.79 Å². The Bertz CT molecular complexity index is 260.